The number of allylic oxidation sites excluding steroid dienone is 2. The first-order valence-electron chi connectivity index (χ1n) is 7.82. The monoisotopic (exact) mass is 276 g/mol. The third-order valence-corrected chi connectivity index (χ3v) is 6.37. The number of carbonyl (C=O) groups is 2. The van der Waals surface area contributed by atoms with Gasteiger partial charge in [-0.05, 0) is 68.8 Å². The number of hydrogen-bond acceptors (Lipinski definition) is 2. The van der Waals surface area contributed by atoms with Crippen molar-refractivity contribution in [1.29, 1.82) is 0 Å². The highest BCUT2D eigenvalue weighted by molar-refractivity contribution is 5.91. The summed E-state index contributed by atoms with van der Waals surface area (Å²) in [5, 5.41) is 9.46. The van der Waals surface area contributed by atoms with Gasteiger partial charge < -0.3 is 5.11 Å². The number of carboxylic acid groups (broad SMARTS) is 1. The summed E-state index contributed by atoms with van der Waals surface area (Å²) in [5.74, 6) is 0.728. The van der Waals surface area contributed by atoms with Gasteiger partial charge in [0, 0.05) is 6.42 Å². The summed E-state index contributed by atoms with van der Waals surface area (Å²) in [4.78, 5) is 23.2. The number of hydrogen-bond donors (Lipinski definition) is 1. The Morgan fingerprint density at radius 1 is 1.25 bits per heavy atom. The molecule has 0 amide bonds. The van der Waals surface area contributed by atoms with Crippen LogP contribution >= 0.6 is 0 Å². The van der Waals surface area contributed by atoms with Gasteiger partial charge in [-0.2, -0.15) is 0 Å². The molecule has 3 aliphatic rings. The molecule has 110 valence electrons. The van der Waals surface area contributed by atoms with E-state index >= 15 is 0 Å². The topological polar surface area (TPSA) is 54.4 Å². The summed E-state index contributed by atoms with van der Waals surface area (Å²) < 4.78 is 0. The number of aliphatic carboxylic acids is 1. The molecule has 3 heteroatoms. The molecule has 3 rings (SSSR count). The van der Waals surface area contributed by atoms with Crippen molar-refractivity contribution in [2.75, 3.05) is 0 Å². The molecule has 0 saturated heterocycles. The lowest BCUT2D eigenvalue weighted by molar-refractivity contribution is -0.153. The van der Waals surface area contributed by atoms with Gasteiger partial charge >= 0.3 is 5.97 Å². The lowest BCUT2D eigenvalue weighted by Gasteiger charge is -2.54. The Bertz CT molecular complexity index is 492. The zero-order valence-corrected chi connectivity index (χ0v) is 12.4. The summed E-state index contributed by atoms with van der Waals surface area (Å²) >= 11 is 0. The Labute approximate surface area is 120 Å². The highest BCUT2D eigenvalue weighted by atomic mass is 16.4. The van der Waals surface area contributed by atoms with Crippen molar-refractivity contribution in [2.45, 2.75) is 58.8 Å². The zero-order valence-electron chi connectivity index (χ0n) is 12.4. The molecule has 1 N–H and O–H groups in total. The molecule has 20 heavy (non-hydrogen) atoms. The van der Waals surface area contributed by atoms with E-state index in [0.717, 1.165) is 38.5 Å². The molecule has 0 aromatic heterocycles. The molecule has 3 aliphatic carbocycles. The van der Waals surface area contributed by atoms with E-state index in [1.54, 1.807) is 0 Å². The van der Waals surface area contributed by atoms with Crippen LogP contribution < -0.4 is 0 Å². The minimum absolute atomic E-state index is 0.149. The van der Waals surface area contributed by atoms with Crippen LogP contribution in [0.2, 0.25) is 0 Å². The van der Waals surface area contributed by atoms with Gasteiger partial charge in [-0.25, -0.2) is 0 Å². The maximum absolute atomic E-state index is 11.7. The smallest absolute Gasteiger partial charge is 0.309 e. The van der Waals surface area contributed by atoms with Crippen LogP contribution in [0.4, 0.5) is 0 Å². The quantitative estimate of drug-likeness (QED) is 0.796. The second-order valence-electron chi connectivity index (χ2n) is 7.57. The minimum atomic E-state index is -0.638. The lowest BCUT2D eigenvalue weighted by atomic mass is 9.50. The number of fused-ring (bicyclic) bond motifs is 3. The SMILES string of the molecule is CC12CCC(=O)C=C1CCC1C[C@@](C)(C(=O)O)CCC12. The zero-order chi connectivity index (χ0) is 14.5. The van der Waals surface area contributed by atoms with Crippen molar-refractivity contribution in [1.82, 2.24) is 0 Å². The molecule has 0 heterocycles. The summed E-state index contributed by atoms with van der Waals surface area (Å²) in [6, 6.07) is 0. The Hall–Kier alpha value is -1.12. The molecule has 0 spiro atoms. The fraction of sp³-hybridized carbons (Fsp3) is 0.765. The van der Waals surface area contributed by atoms with E-state index in [0.29, 0.717) is 18.3 Å². The largest absolute Gasteiger partial charge is 0.481 e. The highest BCUT2D eigenvalue weighted by Gasteiger charge is 2.52. The van der Waals surface area contributed by atoms with Crippen molar-refractivity contribution in [2.24, 2.45) is 22.7 Å². The van der Waals surface area contributed by atoms with E-state index < -0.39 is 11.4 Å². The van der Waals surface area contributed by atoms with Gasteiger partial charge in [0.15, 0.2) is 5.78 Å². The van der Waals surface area contributed by atoms with Crippen LogP contribution in [-0.2, 0) is 9.59 Å². The first-order valence-corrected chi connectivity index (χ1v) is 7.82. The predicted octanol–water partition coefficient (Wildman–Crippen LogP) is 3.58. The Kier molecular flexibility index (Phi) is 3.07. The van der Waals surface area contributed by atoms with Crippen molar-refractivity contribution < 1.29 is 14.7 Å². The van der Waals surface area contributed by atoms with Gasteiger partial charge in [0.1, 0.15) is 0 Å². The van der Waals surface area contributed by atoms with Crippen molar-refractivity contribution >= 4 is 11.8 Å². The van der Waals surface area contributed by atoms with Crippen molar-refractivity contribution in [3.8, 4) is 0 Å². The Morgan fingerprint density at radius 2 is 2.00 bits per heavy atom. The van der Waals surface area contributed by atoms with Crippen LogP contribution in [0.15, 0.2) is 11.6 Å². The van der Waals surface area contributed by atoms with Gasteiger partial charge in [-0.15, -0.1) is 0 Å². The number of rotatable bonds is 1. The first-order chi connectivity index (χ1) is 9.35. The average Bonchev–Trinajstić information content (AvgIpc) is 2.39. The van der Waals surface area contributed by atoms with E-state index in [4.69, 9.17) is 0 Å². The normalized spacial score (nSPS) is 44.3. The summed E-state index contributed by atoms with van der Waals surface area (Å²) in [6.07, 6.45) is 8.15. The Morgan fingerprint density at radius 3 is 2.70 bits per heavy atom. The van der Waals surface area contributed by atoms with E-state index in [1.165, 1.54) is 5.57 Å². The molecule has 2 fully saturated rings. The molecule has 0 aromatic carbocycles. The third kappa shape index (κ3) is 1.94. The molecular weight excluding hydrogens is 252 g/mol. The fourth-order valence-electron chi connectivity index (χ4n) is 4.97. The number of carbonyl (C=O) groups excluding carboxylic acids is 1. The molecule has 0 aliphatic heterocycles. The summed E-state index contributed by atoms with van der Waals surface area (Å²) in [6.45, 7) is 4.22. The molecule has 0 bridgehead atoms. The van der Waals surface area contributed by atoms with E-state index in [2.05, 4.69) is 6.92 Å². The number of carboxylic acids is 1. The van der Waals surface area contributed by atoms with E-state index in [1.807, 2.05) is 13.0 Å². The van der Waals surface area contributed by atoms with Crippen molar-refractivity contribution in [3.63, 3.8) is 0 Å². The minimum Gasteiger partial charge on any atom is -0.481 e. The maximum Gasteiger partial charge on any atom is 0.309 e. The van der Waals surface area contributed by atoms with Gasteiger partial charge in [-0.3, -0.25) is 9.59 Å². The maximum atomic E-state index is 11.7. The van der Waals surface area contributed by atoms with Crippen LogP contribution in [0.1, 0.15) is 58.8 Å². The second kappa shape index (κ2) is 4.44. The third-order valence-electron chi connectivity index (χ3n) is 6.37. The fourth-order valence-corrected chi connectivity index (χ4v) is 4.97. The van der Waals surface area contributed by atoms with Crippen LogP contribution in [0.5, 0.6) is 0 Å². The number of ketones is 1. The predicted molar refractivity (Wildman–Crippen MR) is 76.2 cm³/mol. The van der Waals surface area contributed by atoms with Crippen LogP contribution in [-0.4, -0.2) is 16.9 Å². The van der Waals surface area contributed by atoms with Gasteiger partial charge in [-0.1, -0.05) is 12.5 Å². The van der Waals surface area contributed by atoms with Crippen LogP contribution in [0, 0.1) is 22.7 Å². The Balaban J connectivity index is 1.88. The van der Waals surface area contributed by atoms with Gasteiger partial charge in [0.25, 0.3) is 0 Å². The van der Waals surface area contributed by atoms with Crippen molar-refractivity contribution in [3.05, 3.63) is 11.6 Å². The molecule has 4 atom stereocenters. The molecule has 0 aromatic rings. The standard InChI is InChI=1S/C17H24O3/c1-16(15(19)20)7-6-14-11(10-16)3-4-12-9-13(18)5-8-17(12,14)2/h9,11,14H,3-8,10H2,1-2H3,(H,19,20)/t11?,14?,16-,17?/m0/s1. The first kappa shape index (κ1) is 13.8. The van der Waals surface area contributed by atoms with Crippen LogP contribution in [0.25, 0.3) is 0 Å². The molecule has 3 unspecified atom stereocenters. The molecule has 3 nitrogen and oxygen atoms in total. The summed E-state index contributed by atoms with van der Waals surface area (Å²) in [7, 11) is 0. The summed E-state index contributed by atoms with van der Waals surface area (Å²) in [5.41, 5.74) is 0.953. The lowest BCUT2D eigenvalue weighted by Crippen LogP contribution is -2.47. The second-order valence-corrected chi connectivity index (χ2v) is 7.57. The van der Waals surface area contributed by atoms with Crippen LogP contribution in [0.3, 0.4) is 0 Å². The van der Waals surface area contributed by atoms with E-state index in [9.17, 15) is 14.7 Å². The highest BCUT2D eigenvalue weighted by Crippen LogP contribution is 2.59. The van der Waals surface area contributed by atoms with Gasteiger partial charge in [0.2, 0.25) is 0 Å². The molecular formula is C17H24O3. The van der Waals surface area contributed by atoms with Gasteiger partial charge in [0.05, 0.1) is 5.41 Å². The molecule has 0 radical (unpaired) electrons. The van der Waals surface area contributed by atoms with E-state index in [-0.39, 0.29) is 11.2 Å². The molecule has 2 saturated carbocycles. The average molecular weight is 276 g/mol.